The molecule has 0 nitrogen and oxygen atoms in total. The van der Waals surface area contributed by atoms with Crippen molar-refractivity contribution in [3.05, 3.63) is 156 Å². The summed E-state index contributed by atoms with van der Waals surface area (Å²) in [5.41, 5.74) is 3.06. The van der Waals surface area contributed by atoms with Gasteiger partial charge in [-0.05, 0) is 153 Å². The first-order chi connectivity index (χ1) is 47.8. The SMILES string of the molecule is C.CCCCCC[Si]1(CCCCCC)c2c[c]([Sn]([CH3])([CH3])[CH3])sc2-c2s[c]([Sn]([CH3])([CH3])[CH3])cc21.CCCCCCc1cc(-c2cc3c(s2)-c2sc(C)cc2[Si]3(CCCCCC)CCCCCC)sc1C.CCCCCCc1cc(Br)sc1Br.c1ccc(P(c2ccccc2)c2ccccc2)cc1. The van der Waals surface area contributed by atoms with Crippen LogP contribution in [0, 0.1) is 13.8 Å². The molecule has 0 fully saturated rings. The fraction of sp³-hybridized carbons (Fsp3) is 0.517. The molecule has 8 heterocycles. The van der Waals surface area contributed by atoms with Crippen molar-refractivity contribution in [2.45, 2.75) is 284 Å². The summed E-state index contributed by atoms with van der Waals surface area (Å²) in [5.74, 6) is 0. The summed E-state index contributed by atoms with van der Waals surface area (Å²) in [7, 11) is -3.72. The predicted octanol–water partition coefficient (Wildman–Crippen LogP) is 28.1. The number of benzene rings is 3. The van der Waals surface area contributed by atoms with Crippen molar-refractivity contribution in [2.24, 2.45) is 0 Å². The molecule has 11 rings (SSSR count). The molecular weight excluding hydrogens is 1720 g/mol. The summed E-state index contributed by atoms with van der Waals surface area (Å²) >= 11 is 15.5. The Labute approximate surface area is 663 Å². The van der Waals surface area contributed by atoms with Crippen LogP contribution >= 0.6 is 108 Å². The Morgan fingerprint density at radius 3 is 1.06 bits per heavy atom. The van der Waals surface area contributed by atoms with E-state index in [0.29, 0.717) is 0 Å². The smallest absolute Gasteiger partial charge is 0.122 e. The maximum atomic E-state index is 3.57. The van der Waals surface area contributed by atoms with Gasteiger partial charge in [0.15, 0.2) is 0 Å². The van der Waals surface area contributed by atoms with E-state index in [2.05, 4.69) is 301 Å². The molecule has 0 radical (unpaired) electrons. The second kappa shape index (κ2) is 43.5. The van der Waals surface area contributed by atoms with Crippen molar-refractivity contribution in [2.75, 3.05) is 0 Å². The van der Waals surface area contributed by atoms with E-state index in [-0.39, 0.29) is 7.43 Å². The quantitative estimate of drug-likeness (QED) is 0.0209. The number of hydrogen-bond donors (Lipinski definition) is 0. The molecule has 0 saturated heterocycles. The molecule has 0 amide bonds. The normalized spacial score (nSPS) is 13.2. The average Bonchev–Trinajstić information content (AvgIpc) is 1.55. The van der Waals surface area contributed by atoms with Gasteiger partial charge in [0.05, 0.1) is 7.57 Å². The van der Waals surface area contributed by atoms with E-state index >= 15 is 0 Å². The molecule has 0 bridgehead atoms. The third-order valence-corrected chi connectivity index (χ3v) is 61.6. The summed E-state index contributed by atoms with van der Waals surface area (Å²) in [4.78, 5) is 28.8. The molecule has 6 aromatic heterocycles. The molecule has 3 aromatic carbocycles. The number of halogens is 2. The second-order valence-electron chi connectivity index (χ2n) is 30.6. The minimum absolute atomic E-state index is 0. The van der Waals surface area contributed by atoms with Crippen molar-refractivity contribution in [1.29, 1.82) is 0 Å². The topological polar surface area (TPSA) is 0 Å². The van der Waals surface area contributed by atoms with Gasteiger partial charge in [-0.15, -0.1) is 45.3 Å². The summed E-state index contributed by atoms with van der Waals surface area (Å²) in [6.07, 6.45) is 35.7. The van der Waals surface area contributed by atoms with Gasteiger partial charge in [0.25, 0.3) is 0 Å². The third-order valence-electron chi connectivity index (χ3n) is 20.5. The van der Waals surface area contributed by atoms with Gasteiger partial charge in [-0.2, -0.15) is 0 Å². The van der Waals surface area contributed by atoms with Crippen LogP contribution in [0.2, 0.25) is 53.8 Å². The first kappa shape index (κ1) is 86.5. The van der Waals surface area contributed by atoms with Gasteiger partial charge in [-0.3, -0.25) is 0 Å². The van der Waals surface area contributed by atoms with E-state index in [9.17, 15) is 0 Å². The van der Waals surface area contributed by atoms with Gasteiger partial charge >= 0.3 is 212 Å². The number of aryl methyl sites for hydroxylation is 4. The predicted molar refractivity (Wildman–Crippen MR) is 487 cm³/mol. The molecule has 0 saturated carbocycles. The zero-order valence-corrected chi connectivity index (χ0v) is 80.2. The van der Waals surface area contributed by atoms with Crippen LogP contribution in [0.3, 0.4) is 0 Å². The fourth-order valence-corrected chi connectivity index (χ4v) is 51.2. The number of thiophene rings is 6. The van der Waals surface area contributed by atoms with Crippen LogP contribution < -0.4 is 42.4 Å². The third kappa shape index (κ3) is 23.6. The Hall–Kier alpha value is -0.719. The maximum Gasteiger partial charge on any atom is 0.122 e. The van der Waals surface area contributed by atoms with Crippen molar-refractivity contribution < 1.29 is 0 Å². The van der Waals surface area contributed by atoms with Crippen LogP contribution in [-0.4, -0.2) is 52.9 Å². The van der Waals surface area contributed by atoms with E-state index < -0.39 is 60.8 Å². The van der Waals surface area contributed by atoms with E-state index in [0.717, 1.165) is 0 Å². The zero-order valence-electron chi connectivity index (χ0n) is 63.5. The number of fused-ring (bicyclic) bond motifs is 6. The Morgan fingerprint density at radius 2 is 0.690 bits per heavy atom. The molecule has 0 atom stereocenters. The molecule has 9 aromatic rings. The van der Waals surface area contributed by atoms with Crippen molar-refractivity contribution in [1.82, 2.24) is 0 Å². The fourth-order valence-electron chi connectivity index (χ4n) is 14.8. The summed E-state index contributed by atoms with van der Waals surface area (Å²) < 4.78 is 6.18. The minimum atomic E-state index is -2.06. The second-order valence-corrected chi connectivity index (χ2v) is 81.5. The minimum Gasteiger partial charge on any atom is -0.140 e. The summed E-state index contributed by atoms with van der Waals surface area (Å²) in [5, 5.41) is 11.7. The molecular formula is C87H127Br2PS6Si2Sn2. The standard InChI is InChI=1S/C32H48S3Si.C20H28S2Si.C18H15P.C10H14Br2S.CH4.6CH3.2Sn/c1-6-9-12-15-18-26-22-27(34-25(26)5)28-23-30-32(35-28)31-29(21-24(4)33-31)36(30,19-16-13-10-7-2)20-17-14-11-8-3;1-3-5-7-9-15-23(16-10-8-6-4-2)17-11-13-21-19(17)20-18(23)12-14-22-20;1-4-10-16(11-5-1)19(17-12-6-2-7-13-17)18-14-8-3-9-15-18;1-2-3-4-5-6-8-7-9(11)13-10(8)12;;;;;;;;;/h21-23H,6-20H2,1-5H3;11-12H,3-10,15-16H2,1-2H3;1-15H;7H,2-6H2,1H3;1H4;6*1H3;;. The van der Waals surface area contributed by atoms with Crippen molar-refractivity contribution >= 4 is 203 Å². The van der Waals surface area contributed by atoms with Crippen LogP contribution in [0.15, 0.2) is 135 Å². The van der Waals surface area contributed by atoms with Crippen LogP contribution in [-0.2, 0) is 12.8 Å². The van der Waals surface area contributed by atoms with Gasteiger partial charge in [0, 0.05) is 29.3 Å². The molecule has 546 valence electrons. The molecule has 2 aliphatic rings. The molecule has 100 heavy (non-hydrogen) atoms. The molecule has 0 unspecified atom stereocenters. The van der Waals surface area contributed by atoms with Crippen molar-refractivity contribution in [3.63, 3.8) is 0 Å². The number of unbranched alkanes of at least 4 members (excludes halogenated alkanes) is 18. The van der Waals surface area contributed by atoms with E-state index in [1.165, 1.54) is 230 Å². The molecule has 0 N–H and O–H groups in total. The zero-order chi connectivity index (χ0) is 71.0. The van der Waals surface area contributed by atoms with Crippen molar-refractivity contribution in [3.8, 4) is 29.3 Å². The Balaban J connectivity index is 0.000000198. The Bertz CT molecular complexity index is 3610. The van der Waals surface area contributed by atoms with E-state index in [1.807, 2.05) is 26.5 Å². The first-order valence-electron chi connectivity index (χ1n) is 38.8. The average molecular weight is 1850 g/mol. The number of hydrogen-bond acceptors (Lipinski definition) is 6. The molecule has 2 aliphatic heterocycles. The van der Waals surface area contributed by atoms with Crippen LogP contribution in [0.1, 0.15) is 224 Å². The van der Waals surface area contributed by atoms with Crippen LogP contribution in [0.5, 0.6) is 0 Å². The monoisotopic (exact) mass is 1850 g/mol. The Morgan fingerprint density at radius 1 is 0.350 bits per heavy atom. The Kier molecular flexibility index (Phi) is 37.6. The number of rotatable bonds is 36. The maximum absolute atomic E-state index is 3.57. The van der Waals surface area contributed by atoms with Gasteiger partial charge in [-0.25, -0.2) is 0 Å². The van der Waals surface area contributed by atoms with E-state index in [1.54, 1.807) is 46.2 Å². The summed E-state index contributed by atoms with van der Waals surface area (Å²) in [6.45, 7) is 18.7. The van der Waals surface area contributed by atoms with Gasteiger partial charge in [-0.1, -0.05) is 216 Å². The summed E-state index contributed by atoms with van der Waals surface area (Å²) in [6, 6.07) is 54.0. The van der Waals surface area contributed by atoms with E-state index in [4.69, 9.17) is 0 Å². The first-order valence-corrected chi connectivity index (χ1v) is 71.4. The van der Waals surface area contributed by atoms with Gasteiger partial charge < -0.3 is 0 Å². The molecule has 0 spiro atoms. The largest absolute Gasteiger partial charge is 0.140 e. The molecule has 0 aliphatic carbocycles. The van der Waals surface area contributed by atoms with Gasteiger partial charge in [0.2, 0.25) is 0 Å². The van der Waals surface area contributed by atoms with Gasteiger partial charge in [0.1, 0.15) is 8.07 Å². The van der Waals surface area contributed by atoms with Crippen LogP contribution in [0.4, 0.5) is 0 Å². The molecule has 13 heteroatoms. The van der Waals surface area contributed by atoms with Crippen LogP contribution in [0.25, 0.3) is 29.3 Å².